The van der Waals surface area contributed by atoms with E-state index in [-0.39, 0.29) is 10.4 Å². The number of hydrogen-bond donors (Lipinski definition) is 2. The Labute approximate surface area is 88.4 Å². The van der Waals surface area contributed by atoms with Crippen LogP contribution in [0.5, 0.6) is 0 Å². The van der Waals surface area contributed by atoms with Gasteiger partial charge < -0.3 is 10.2 Å². The molecule has 1 aromatic carbocycles. The van der Waals surface area contributed by atoms with E-state index in [0.29, 0.717) is 10.1 Å². The number of aromatic carboxylic acids is 2. The minimum absolute atomic E-state index is 0.122. The number of benzene rings is 1. The van der Waals surface area contributed by atoms with Crippen LogP contribution in [0.15, 0.2) is 24.3 Å². The minimum atomic E-state index is -1.20. The van der Waals surface area contributed by atoms with Crippen molar-refractivity contribution in [1.82, 2.24) is 0 Å². The average Bonchev–Trinajstić information content (AvgIpc) is 2.56. The Balaban J connectivity index is 2.86. The van der Waals surface area contributed by atoms with Gasteiger partial charge in [-0.1, -0.05) is 18.2 Å². The molecule has 4 nitrogen and oxygen atoms in total. The topological polar surface area (TPSA) is 74.6 Å². The summed E-state index contributed by atoms with van der Waals surface area (Å²) in [6.45, 7) is 0. The summed E-state index contributed by atoms with van der Waals surface area (Å²) in [5, 5.41) is 18.3. The van der Waals surface area contributed by atoms with Crippen LogP contribution in [0.3, 0.4) is 0 Å². The van der Waals surface area contributed by atoms with Gasteiger partial charge in [-0.25, -0.2) is 9.59 Å². The molecule has 0 spiro atoms. The fourth-order valence-electron chi connectivity index (χ4n) is 1.41. The molecule has 5 heteroatoms. The molecule has 15 heavy (non-hydrogen) atoms. The van der Waals surface area contributed by atoms with Crippen molar-refractivity contribution in [2.75, 3.05) is 0 Å². The molecule has 0 fully saturated rings. The largest absolute Gasteiger partial charge is 0.478 e. The molecule has 0 saturated heterocycles. The van der Waals surface area contributed by atoms with Gasteiger partial charge in [0, 0.05) is 10.1 Å². The summed E-state index contributed by atoms with van der Waals surface area (Å²) < 4.78 is 0.673. The molecule has 0 amide bonds. The van der Waals surface area contributed by atoms with Crippen LogP contribution in [-0.4, -0.2) is 22.2 Å². The number of thiophene rings is 1. The minimum Gasteiger partial charge on any atom is -0.478 e. The second kappa shape index (κ2) is 3.36. The molecule has 2 N–H and O–H groups in total. The monoisotopic (exact) mass is 222 g/mol. The number of carboxylic acid groups (broad SMARTS) is 2. The van der Waals surface area contributed by atoms with Crippen LogP contribution >= 0.6 is 11.3 Å². The van der Waals surface area contributed by atoms with Crippen molar-refractivity contribution in [1.29, 1.82) is 0 Å². The zero-order chi connectivity index (χ0) is 11.0. The molecule has 0 radical (unpaired) electrons. The van der Waals surface area contributed by atoms with E-state index in [1.807, 2.05) is 0 Å². The zero-order valence-electron chi connectivity index (χ0n) is 7.43. The standard InChI is InChI=1S/C10H6O4S/c11-9(12)7-5-3-1-2-4-6(5)15-8(7)10(13)14/h1-4H,(H,11,12)(H,13,14). The summed E-state index contributed by atoms with van der Waals surface area (Å²) in [7, 11) is 0. The Morgan fingerprint density at radius 1 is 1.07 bits per heavy atom. The molecular formula is C10H6O4S. The second-order valence-corrected chi connectivity index (χ2v) is 3.96. The van der Waals surface area contributed by atoms with Crippen molar-refractivity contribution in [3.05, 3.63) is 34.7 Å². The zero-order valence-corrected chi connectivity index (χ0v) is 8.25. The molecule has 1 heterocycles. The van der Waals surface area contributed by atoms with E-state index in [1.165, 1.54) is 0 Å². The third-order valence-corrected chi connectivity index (χ3v) is 3.16. The summed E-state index contributed by atoms with van der Waals surface area (Å²) in [5.41, 5.74) is -0.122. The highest BCUT2D eigenvalue weighted by molar-refractivity contribution is 7.21. The third kappa shape index (κ3) is 1.46. The smallest absolute Gasteiger partial charge is 0.346 e. The van der Waals surface area contributed by atoms with Crippen LogP contribution in [0.2, 0.25) is 0 Å². The first-order chi connectivity index (χ1) is 7.11. The fourth-order valence-corrected chi connectivity index (χ4v) is 2.44. The maximum absolute atomic E-state index is 10.9. The van der Waals surface area contributed by atoms with Crippen molar-refractivity contribution in [2.45, 2.75) is 0 Å². The van der Waals surface area contributed by atoms with Crippen LogP contribution in [0.25, 0.3) is 10.1 Å². The highest BCUT2D eigenvalue weighted by Gasteiger charge is 2.22. The second-order valence-electron chi connectivity index (χ2n) is 2.91. The van der Waals surface area contributed by atoms with Gasteiger partial charge in [-0.2, -0.15) is 0 Å². The molecule has 0 atom stereocenters. The highest BCUT2D eigenvalue weighted by atomic mass is 32.1. The maximum atomic E-state index is 10.9. The summed E-state index contributed by atoms with van der Waals surface area (Å²) in [6.07, 6.45) is 0. The first kappa shape index (κ1) is 9.67. The fraction of sp³-hybridized carbons (Fsp3) is 0. The number of rotatable bonds is 2. The van der Waals surface area contributed by atoms with Gasteiger partial charge in [0.2, 0.25) is 0 Å². The maximum Gasteiger partial charge on any atom is 0.346 e. The average molecular weight is 222 g/mol. The third-order valence-electron chi connectivity index (χ3n) is 2.00. The molecule has 0 saturated carbocycles. The number of carboxylic acids is 2. The predicted octanol–water partition coefficient (Wildman–Crippen LogP) is 2.30. The van der Waals surface area contributed by atoms with Gasteiger partial charge in [-0.15, -0.1) is 11.3 Å². The Morgan fingerprint density at radius 3 is 2.33 bits per heavy atom. The number of hydrogen-bond acceptors (Lipinski definition) is 3. The van der Waals surface area contributed by atoms with Crippen LogP contribution in [0, 0.1) is 0 Å². The molecule has 1 aromatic heterocycles. The van der Waals surface area contributed by atoms with E-state index >= 15 is 0 Å². The lowest BCUT2D eigenvalue weighted by Crippen LogP contribution is -2.03. The van der Waals surface area contributed by atoms with E-state index in [1.54, 1.807) is 24.3 Å². The molecule has 0 aliphatic carbocycles. The van der Waals surface area contributed by atoms with Crippen molar-refractivity contribution in [3.63, 3.8) is 0 Å². The van der Waals surface area contributed by atoms with Crippen LogP contribution in [0.1, 0.15) is 20.0 Å². The summed E-state index contributed by atoms with van der Waals surface area (Å²) in [4.78, 5) is 21.7. The van der Waals surface area contributed by atoms with Crippen molar-refractivity contribution >= 4 is 33.4 Å². The van der Waals surface area contributed by atoms with Crippen LogP contribution < -0.4 is 0 Å². The van der Waals surface area contributed by atoms with Crippen molar-refractivity contribution in [2.24, 2.45) is 0 Å². The van der Waals surface area contributed by atoms with E-state index < -0.39 is 11.9 Å². The molecule has 0 aliphatic heterocycles. The molecule has 0 unspecified atom stereocenters. The predicted molar refractivity (Wildman–Crippen MR) is 55.7 cm³/mol. The molecule has 2 rings (SSSR count). The lowest BCUT2D eigenvalue weighted by atomic mass is 10.1. The van der Waals surface area contributed by atoms with Gasteiger partial charge >= 0.3 is 11.9 Å². The number of carbonyl (C=O) groups is 2. The SMILES string of the molecule is O=C(O)c1sc2ccccc2c1C(=O)O. The Morgan fingerprint density at radius 2 is 1.73 bits per heavy atom. The Bertz CT molecular complexity index is 556. The molecular weight excluding hydrogens is 216 g/mol. The summed E-state index contributed by atoms with van der Waals surface area (Å²) >= 11 is 0.980. The summed E-state index contributed by atoms with van der Waals surface area (Å²) in [6, 6.07) is 6.75. The van der Waals surface area contributed by atoms with Crippen molar-refractivity contribution < 1.29 is 19.8 Å². The van der Waals surface area contributed by atoms with Crippen LogP contribution in [-0.2, 0) is 0 Å². The quantitative estimate of drug-likeness (QED) is 0.817. The lowest BCUT2D eigenvalue weighted by molar-refractivity contribution is 0.0657. The first-order valence-corrected chi connectivity index (χ1v) is 4.91. The van der Waals surface area contributed by atoms with Crippen molar-refractivity contribution in [3.8, 4) is 0 Å². The summed E-state index contributed by atoms with van der Waals surface area (Å²) in [5.74, 6) is -2.40. The highest BCUT2D eigenvalue weighted by Crippen LogP contribution is 2.31. The van der Waals surface area contributed by atoms with E-state index in [0.717, 1.165) is 11.3 Å². The number of fused-ring (bicyclic) bond motifs is 1. The van der Waals surface area contributed by atoms with Gasteiger partial charge in [0.25, 0.3) is 0 Å². The van der Waals surface area contributed by atoms with Gasteiger partial charge in [0.1, 0.15) is 4.88 Å². The molecule has 76 valence electrons. The van der Waals surface area contributed by atoms with Gasteiger partial charge in [0.05, 0.1) is 5.56 Å². The first-order valence-electron chi connectivity index (χ1n) is 4.09. The molecule has 0 bridgehead atoms. The lowest BCUT2D eigenvalue weighted by Gasteiger charge is -1.93. The normalized spacial score (nSPS) is 10.4. The van der Waals surface area contributed by atoms with Crippen LogP contribution in [0.4, 0.5) is 0 Å². The van der Waals surface area contributed by atoms with E-state index in [4.69, 9.17) is 10.2 Å². The van der Waals surface area contributed by atoms with E-state index in [2.05, 4.69) is 0 Å². The molecule has 2 aromatic rings. The molecule has 0 aliphatic rings. The van der Waals surface area contributed by atoms with Gasteiger partial charge in [0.15, 0.2) is 0 Å². The van der Waals surface area contributed by atoms with E-state index in [9.17, 15) is 9.59 Å². The van der Waals surface area contributed by atoms with Gasteiger partial charge in [-0.3, -0.25) is 0 Å². The Hall–Kier alpha value is -1.88. The Kier molecular flexibility index (Phi) is 2.17. The van der Waals surface area contributed by atoms with Gasteiger partial charge in [-0.05, 0) is 6.07 Å².